The summed E-state index contributed by atoms with van der Waals surface area (Å²) in [4.78, 5) is 29.2. The van der Waals surface area contributed by atoms with E-state index in [0.717, 1.165) is 35.6 Å². The van der Waals surface area contributed by atoms with Gasteiger partial charge in [-0.2, -0.15) is 0 Å². The molecule has 8 heteroatoms. The van der Waals surface area contributed by atoms with Gasteiger partial charge in [-0.25, -0.2) is 9.97 Å². The van der Waals surface area contributed by atoms with Crippen molar-refractivity contribution in [3.05, 3.63) is 61.2 Å². The summed E-state index contributed by atoms with van der Waals surface area (Å²) in [5.74, 6) is 0.100. The van der Waals surface area contributed by atoms with Crippen LogP contribution >= 0.6 is 0 Å². The van der Waals surface area contributed by atoms with Crippen LogP contribution in [0.5, 0.6) is 6.01 Å². The number of piperazine rings is 1. The summed E-state index contributed by atoms with van der Waals surface area (Å²) in [5, 5.41) is 3.16. The molecule has 0 spiro atoms. The minimum absolute atomic E-state index is 0.100. The van der Waals surface area contributed by atoms with Crippen LogP contribution in [0.1, 0.15) is 0 Å². The molecule has 0 atom stereocenters. The number of nitrogens with one attached hydrogen (secondary N) is 1. The van der Waals surface area contributed by atoms with Crippen LogP contribution in [-0.4, -0.2) is 65.6 Å². The Labute approximate surface area is 175 Å². The number of para-hydroxylation sites is 1. The zero-order valence-electron chi connectivity index (χ0n) is 16.9. The molecule has 1 fully saturated rings. The van der Waals surface area contributed by atoms with Crippen molar-refractivity contribution < 1.29 is 9.53 Å². The maximum atomic E-state index is 12.6. The highest BCUT2D eigenvalue weighted by molar-refractivity contribution is 5.82. The van der Waals surface area contributed by atoms with Gasteiger partial charge < -0.3 is 19.9 Å². The van der Waals surface area contributed by atoms with Gasteiger partial charge in [-0.05, 0) is 18.2 Å². The fourth-order valence-electron chi connectivity index (χ4n) is 3.51. The largest absolute Gasteiger partial charge is 0.467 e. The summed E-state index contributed by atoms with van der Waals surface area (Å²) in [6.45, 7) is 3.20. The number of amides is 1. The van der Waals surface area contributed by atoms with Crippen LogP contribution in [0, 0.1) is 0 Å². The number of anilines is 2. The molecule has 1 aliphatic heterocycles. The van der Waals surface area contributed by atoms with Crippen molar-refractivity contribution in [3.63, 3.8) is 0 Å². The van der Waals surface area contributed by atoms with Gasteiger partial charge in [0.1, 0.15) is 0 Å². The summed E-state index contributed by atoms with van der Waals surface area (Å²) >= 11 is 0. The van der Waals surface area contributed by atoms with Gasteiger partial charge in [-0.1, -0.05) is 18.2 Å². The summed E-state index contributed by atoms with van der Waals surface area (Å²) in [5.41, 5.74) is 4.02. The zero-order chi connectivity index (χ0) is 20.8. The van der Waals surface area contributed by atoms with Crippen LogP contribution in [0.15, 0.2) is 61.2 Å². The summed E-state index contributed by atoms with van der Waals surface area (Å²) in [6, 6.07) is 12.3. The lowest BCUT2D eigenvalue weighted by atomic mass is 10.1. The number of hydrogen-bond acceptors (Lipinski definition) is 7. The van der Waals surface area contributed by atoms with Crippen LogP contribution in [0.3, 0.4) is 0 Å². The van der Waals surface area contributed by atoms with Crippen LogP contribution in [0.4, 0.5) is 11.4 Å². The van der Waals surface area contributed by atoms with Gasteiger partial charge in [0.15, 0.2) is 0 Å². The molecule has 0 aliphatic carbocycles. The van der Waals surface area contributed by atoms with Gasteiger partial charge in [-0.15, -0.1) is 0 Å². The Morgan fingerprint density at radius 2 is 1.73 bits per heavy atom. The first-order chi connectivity index (χ1) is 14.7. The third-order valence-electron chi connectivity index (χ3n) is 5.12. The SMILES string of the molecule is COc1ncc(-c2ccccc2N2CCN(C(=O)CNc3ccncc3)CC2)cn1. The molecule has 1 amide bonds. The number of hydrogen-bond donors (Lipinski definition) is 1. The van der Waals surface area contributed by atoms with Gasteiger partial charge in [0.25, 0.3) is 0 Å². The Hall–Kier alpha value is -3.68. The van der Waals surface area contributed by atoms with E-state index >= 15 is 0 Å². The second-order valence-corrected chi connectivity index (χ2v) is 6.93. The highest BCUT2D eigenvalue weighted by Crippen LogP contribution is 2.31. The number of nitrogens with zero attached hydrogens (tertiary/aromatic N) is 5. The predicted octanol–water partition coefficient (Wildman–Crippen LogP) is 2.31. The number of aromatic nitrogens is 3. The molecule has 0 saturated carbocycles. The molecular formula is C22H24N6O2. The molecule has 1 aromatic carbocycles. The Morgan fingerprint density at radius 1 is 1.03 bits per heavy atom. The standard InChI is InChI=1S/C22H24N6O2/c1-30-22-25-14-17(15-26-22)19-4-2-3-5-20(19)27-10-12-28(13-11-27)21(29)16-24-18-6-8-23-9-7-18/h2-9,14-15H,10-13,16H2,1H3,(H,23,24). The lowest BCUT2D eigenvalue weighted by molar-refractivity contribution is -0.129. The summed E-state index contributed by atoms with van der Waals surface area (Å²) < 4.78 is 5.06. The number of rotatable bonds is 6. The van der Waals surface area contributed by atoms with Crippen LogP contribution < -0.4 is 15.0 Å². The lowest BCUT2D eigenvalue weighted by Crippen LogP contribution is -2.50. The van der Waals surface area contributed by atoms with Gasteiger partial charge >= 0.3 is 6.01 Å². The quantitative estimate of drug-likeness (QED) is 0.675. The smallest absolute Gasteiger partial charge is 0.316 e. The monoisotopic (exact) mass is 404 g/mol. The molecule has 1 N–H and O–H groups in total. The minimum atomic E-state index is 0.100. The topological polar surface area (TPSA) is 83.5 Å². The number of ether oxygens (including phenoxy) is 1. The fourth-order valence-corrected chi connectivity index (χ4v) is 3.51. The highest BCUT2D eigenvalue weighted by Gasteiger charge is 2.22. The van der Waals surface area contributed by atoms with E-state index in [1.54, 1.807) is 31.9 Å². The van der Waals surface area contributed by atoms with E-state index in [-0.39, 0.29) is 12.5 Å². The second kappa shape index (κ2) is 9.21. The Kier molecular flexibility index (Phi) is 6.03. The van der Waals surface area contributed by atoms with Crippen molar-refractivity contribution in [2.45, 2.75) is 0 Å². The minimum Gasteiger partial charge on any atom is -0.467 e. The Bertz CT molecular complexity index is 972. The van der Waals surface area contributed by atoms with E-state index in [1.165, 1.54) is 0 Å². The number of methoxy groups -OCH3 is 1. The van der Waals surface area contributed by atoms with E-state index in [0.29, 0.717) is 19.1 Å². The fraction of sp³-hybridized carbons (Fsp3) is 0.273. The molecule has 0 radical (unpaired) electrons. The Morgan fingerprint density at radius 3 is 2.43 bits per heavy atom. The van der Waals surface area contributed by atoms with Crippen molar-refractivity contribution in [3.8, 4) is 17.1 Å². The molecule has 3 aromatic rings. The number of pyridine rings is 1. The van der Waals surface area contributed by atoms with Crippen molar-refractivity contribution >= 4 is 17.3 Å². The average Bonchev–Trinajstić information content (AvgIpc) is 2.83. The Balaban J connectivity index is 1.39. The number of carbonyl (C=O) groups is 1. The molecule has 8 nitrogen and oxygen atoms in total. The highest BCUT2D eigenvalue weighted by atomic mass is 16.5. The first-order valence-electron chi connectivity index (χ1n) is 9.86. The van der Waals surface area contributed by atoms with Crippen molar-refractivity contribution in [2.24, 2.45) is 0 Å². The van der Waals surface area contributed by atoms with Gasteiger partial charge in [0.2, 0.25) is 5.91 Å². The van der Waals surface area contributed by atoms with Crippen molar-refractivity contribution in [1.29, 1.82) is 0 Å². The van der Waals surface area contributed by atoms with Gasteiger partial charge in [0.05, 0.1) is 13.7 Å². The molecule has 1 aliphatic rings. The molecule has 0 unspecified atom stereocenters. The molecule has 1 saturated heterocycles. The van der Waals surface area contributed by atoms with E-state index in [4.69, 9.17) is 4.74 Å². The van der Waals surface area contributed by atoms with Crippen molar-refractivity contribution in [1.82, 2.24) is 19.9 Å². The van der Waals surface area contributed by atoms with Crippen LogP contribution in [0.2, 0.25) is 0 Å². The van der Waals surface area contributed by atoms with E-state index in [9.17, 15) is 4.79 Å². The number of carbonyl (C=O) groups excluding carboxylic acids is 1. The van der Waals surface area contributed by atoms with Crippen molar-refractivity contribution in [2.75, 3.05) is 50.1 Å². The van der Waals surface area contributed by atoms with E-state index in [1.807, 2.05) is 29.2 Å². The summed E-state index contributed by atoms with van der Waals surface area (Å²) in [7, 11) is 1.55. The average molecular weight is 404 g/mol. The van der Waals surface area contributed by atoms with Crippen LogP contribution in [-0.2, 0) is 4.79 Å². The molecule has 154 valence electrons. The first kappa shape index (κ1) is 19.6. The predicted molar refractivity (Wildman–Crippen MR) is 116 cm³/mol. The third-order valence-corrected chi connectivity index (χ3v) is 5.12. The normalized spacial score (nSPS) is 13.8. The lowest BCUT2D eigenvalue weighted by Gasteiger charge is -2.37. The second-order valence-electron chi connectivity index (χ2n) is 6.93. The molecule has 2 aromatic heterocycles. The van der Waals surface area contributed by atoms with Gasteiger partial charge in [0, 0.05) is 73.5 Å². The number of benzene rings is 1. The maximum absolute atomic E-state index is 12.6. The van der Waals surface area contributed by atoms with E-state index in [2.05, 4.69) is 37.3 Å². The molecule has 3 heterocycles. The van der Waals surface area contributed by atoms with Crippen LogP contribution in [0.25, 0.3) is 11.1 Å². The molecule has 4 rings (SSSR count). The molecule has 0 bridgehead atoms. The van der Waals surface area contributed by atoms with Gasteiger partial charge in [-0.3, -0.25) is 9.78 Å². The zero-order valence-corrected chi connectivity index (χ0v) is 16.9. The summed E-state index contributed by atoms with van der Waals surface area (Å²) in [6.07, 6.45) is 6.96. The van der Waals surface area contributed by atoms with E-state index < -0.39 is 0 Å². The third kappa shape index (κ3) is 4.48. The first-order valence-corrected chi connectivity index (χ1v) is 9.86. The molecular weight excluding hydrogens is 380 g/mol. The maximum Gasteiger partial charge on any atom is 0.316 e. The molecule has 30 heavy (non-hydrogen) atoms.